The van der Waals surface area contributed by atoms with Crippen molar-refractivity contribution >= 4 is 69.6 Å². The molecule has 0 saturated heterocycles. The molecule has 2 aliphatic rings. The Balaban J connectivity index is 2.57. The number of hydrogen-bond donors (Lipinski definition) is 0. The molecule has 0 spiro atoms. The number of rotatable bonds is 1. The van der Waals surface area contributed by atoms with Gasteiger partial charge in [-0.05, 0) is 23.7 Å². The van der Waals surface area contributed by atoms with Gasteiger partial charge < -0.3 is 0 Å². The summed E-state index contributed by atoms with van der Waals surface area (Å²) in [7, 11) is 0. The average molecular weight is 385 g/mol. The van der Waals surface area contributed by atoms with E-state index in [0.29, 0.717) is 11.5 Å². The van der Waals surface area contributed by atoms with E-state index in [9.17, 15) is 0 Å². The topological polar surface area (TPSA) is 0 Å². The second-order valence-electron chi connectivity index (χ2n) is 6.68. The number of fused-ring (bicyclic) bond motifs is 2. The van der Waals surface area contributed by atoms with Crippen molar-refractivity contribution in [3.05, 3.63) is 10.1 Å². The number of alkyl halides is 4. The zero-order chi connectivity index (χ0) is 15.0. The molecule has 0 unspecified atom stereocenters. The Hall–Kier alpha value is 1.48. The van der Waals surface area contributed by atoms with Crippen LogP contribution in [0, 0.1) is 17.3 Å². The molecule has 1 saturated carbocycles. The van der Waals surface area contributed by atoms with Crippen LogP contribution in [0.25, 0.3) is 0 Å². The summed E-state index contributed by atoms with van der Waals surface area (Å²) in [5.41, 5.74) is 0.0395. The molecule has 2 rings (SSSR count). The molecule has 6 heteroatoms. The third-order valence-corrected chi connectivity index (χ3v) is 9.09. The standard InChI is InChI=1S/C13H16Cl6/c1-6(10(2,3)4)7-5-11(16)8(14)9(15)12(7,17)13(11,18)19/h6-7H,5H2,1-4H3/t6-,7-,11-,12+/m1/s1. The minimum Gasteiger partial charge on any atom is -0.110 e. The largest absolute Gasteiger partial charge is 0.166 e. The molecule has 0 aromatic carbocycles. The minimum atomic E-state index is -1.40. The second-order valence-corrected chi connectivity index (χ2v) is 10.0. The first-order chi connectivity index (χ1) is 8.32. The maximum absolute atomic E-state index is 6.77. The lowest BCUT2D eigenvalue weighted by Gasteiger charge is -2.41. The molecule has 0 N–H and O–H groups in total. The van der Waals surface area contributed by atoms with E-state index in [4.69, 9.17) is 69.6 Å². The number of allylic oxidation sites excluding steroid dienone is 2. The van der Waals surface area contributed by atoms with E-state index >= 15 is 0 Å². The van der Waals surface area contributed by atoms with E-state index < -0.39 is 14.1 Å². The first-order valence-electron chi connectivity index (χ1n) is 6.13. The summed E-state index contributed by atoms with van der Waals surface area (Å²) in [4.78, 5) is -2.22. The van der Waals surface area contributed by atoms with Gasteiger partial charge in [0.25, 0.3) is 0 Å². The molecule has 2 aliphatic carbocycles. The van der Waals surface area contributed by atoms with Gasteiger partial charge in [-0.3, -0.25) is 0 Å². The fourth-order valence-corrected chi connectivity index (χ4v) is 5.97. The Labute approximate surface area is 144 Å². The van der Waals surface area contributed by atoms with Gasteiger partial charge in [0.2, 0.25) is 0 Å². The van der Waals surface area contributed by atoms with Crippen molar-refractivity contribution in [1.82, 2.24) is 0 Å². The van der Waals surface area contributed by atoms with Gasteiger partial charge in [0, 0.05) is 0 Å². The van der Waals surface area contributed by atoms with Gasteiger partial charge in [-0.1, -0.05) is 74.1 Å². The molecule has 0 aliphatic heterocycles. The van der Waals surface area contributed by atoms with Crippen molar-refractivity contribution < 1.29 is 0 Å². The highest BCUT2D eigenvalue weighted by Gasteiger charge is 2.79. The molecule has 0 aromatic heterocycles. The van der Waals surface area contributed by atoms with Gasteiger partial charge in [-0.2, -0.15) is 0 Å². The smallest absolute Gasteiger partial charge is 0.110 e. The number of halogens is 6. The summed E-state index contributed by atoms with van der Waals surface area (Å²) in [6, 6.07) is 0. The lowest BCUT2D eigenvalue weighted by Crippen LogP contribution is -2.46. The Morgan fingerprint density at radius 2 is 1.53 bits per heavy atom. The van der Waals surface area contributed by atoms with E-state index in [2.05, 4.69) is 27.7 Å². The fourth-order valence-electron chi connectivity index (χ4n) is 3.08. The molecule has 0 nitrogen and oxygen atoms in total. The SMILES string of the molecule is C[C@H]([C@H]1C[C@@]2(Cl)C(Cl)=C(Cl)[C@]1(Cl)C2(Cl)Cl)C(C)(C)C. The first-order valence-corrected chi connectivity index (χ1v) is 8.40. The molecule has 0 amide bonds. The molecule has 110 valence electrons. The quantitative estimate of drug-likeness (QED) is 0.451. The molecule has 0 aromatic rings. The predicted molar refractivity (Wildman–Crippen MR) is 87.1 cm³/mol. The van der Waals surface area contributed by atoms with Crippen LogP contribution in [0.4, 0.5) is 0 Å². The molecule has 1 fully saturated rings. The van der Waals surface area contributed by atoms with Gasteiger partial charge in [0.1, 0.15) is 9.75 Å². The molecular weight excluding hydrogens is 369 g/mol. The van der Waals surface area contributed by atoms with Crippen LogP contribution in [0.15, 0.2) is 10.1 Å². The van der Waals surface area contributed by atoms with Crippen LogP contribution < -0.4 is 0 Å². The Kier molecular flexibility index (Phi) is 3.98. The Bertz CT molecular complexity index is 449. The third kappa shape index (κ3) is 1.87. The van der Waals surface area contributed by atoms with E-state index in [0.717, 1.165) is 0 Å². The molecule has 2 bridgehead atoms. The zero-order valence-corrected chi connectivity index (χ0v) is 15.7. The maximum atomic E-state index is 6.77. The summed E-state index contributed by atoms with van der Waals surface area (Å²) in [5.74, 6) is 0.206. The third-order valence-electron chi connectivity index (χ3n) is 4.80. The predicted octanol–water partition coefficient (Wildman–Crippen LogP) is 6.52. The summed E-state index contributed by atoms with van der Waals surface area (Å²) in [5, 5.41) is 0.580. The normalized spacial score (nSPS) is 42.9. The van der Waals surface area contributed by atoms with E-state index in [1.807, 2.05) is 0 Å². The van der Waals surface area contributed by atoms with Crippen molar-refractivity contribution in [2.24, 2.45) is 17.3 Å². The van der Waals surface area contributed by atoms with Crippen molar-refractivity contribution in [3.63, 3.8) is 0 Å². The van der Waals surface area contributed by atoms with Crippen LogP contribution in [0.3, 0.4) is 0 Å². The molecule has 0 radical (unpaired) electrons. The van der Waals surface area contributed by atoms with Crippen LogP contribution in [0.1, 0.15) is 34.1 Å². The van der Waals surface area contributed by atoms with Crippen molar-refractivity contribution in [2.45, 2.75) is 48.2 Å². The zero-order valence-electron chi connectivity index (χ0n) is 11.1. The summed E-state index contributed by atoms with van der Waals surface area (Å²) in [6.07, 6.45) is 0.526. The van der Waals surface area contributed by atoms with Crippen LogP contribution in [0.5, 0.6) is 0 Å². The van der Waals surface area contributed by atoms with Crippen molar-refractivity contribution in [3.8, 4) is 0 Å². The van der Waals surface area contributed by atoms with Gasteiger partial charge >= 0.3 is 0 Å². The average Bonchev–Trinajstić information content (AvgIpc) is 2.48. The maximum Gasteiger partial charge on any atom is 0.166 e. The van der Waals surface area contributed by atoms with Crippen LogP contribution >= 0.6 is 69.6 Å². The molecule has 19 heavy (non-hydrogen) atoms. The van der Waals surface area contributed by atoms with Crippen LogP contribution in [-0.2, 0) is 0 Å². The van der Waals surface area contributed by atoms with Gasteiger partial charge in [0.15, 0.2) is 4.33 Å². The van der Waals surface area contributed by atoms with Crippen molar-refractivity contribution in [2.75, 3.05) is 0 Å². The monoisotopic (exact) mass is 382 g/mol. The highest BCUT2D eigenvalue weighted by Crippen LogP contribution is 2.75. The highest BCUT2D eigenvalue weighted by molar-refractivity contribution is 6.65. The minimum absolute atomic E-state index is 0.0309. The summed E-state index contributed by atoms with van der Waals surface area (Å²) >= 11 is 38.9. The fraction of sp³-hybridized carbons (Fsp3) is 0.846. The molecular formula is C13H16Cl6. The second kappa shape index (κ2) is 4.49. The van der Waals surface area contributed by atoms with E-state index in [1.54, 1.807) is 0 Å². The molecule has 4 atom stereocenters. The first kappa shape index (κ1) is 16.8. The van der Waals surface area contributed by atoms with Crippen LogP contribution in [-0.4, -0.2) is 14.1 Å². The number of hydrogen-bond acceptors (Lipinski definition) is 0. The van der Waals surface area contributed by atoms with Gasteiger partial charge in [-0.15, -0.1) is 23.2 Å². The highest BCUT2D eigenvalue weighted by atomic mass is 35.5. The van der Waals surface area contributed by atoms with E-state index in [1.165, 1.54) is 0 Å². The lowest BCUT2D eigenvalue weighted by molar-refractivity contribution is 0.161. The molecule has 0 heterocycles. The summed E-state index contributed by atoms with van der Waals surface area (Å²) < 4.78 is -1.40. The van der Waals surface area contributed by atoms with Crippen molar-refractivity contribution in [1.29, 1.82) is 0 Å². The van der Waals surface area contributed by atoms with Gasteiger partial charge in [-0.25, -0.2) is 0 Å². The summed E-state index contributed by atoms with van der Waals surface area (Å²) in [6.45, 7) is 8.56. The lowest BCUT2D eigenvalue weighted by atomic mass is 9.69. The van der Waals surface area contributed by atoms with Crippen LogP contribution in [0.2, 0.25) is 0 Å². The Morgan fingerprint density at radius 3 is 1.84 bits per heavy atom. The van der Waals surface area contributed by atoms with Gasteiger partial charge in [0.05, 0.1) is 10.1 Å². The Morgan fingerprint density at radius 1 is 1.05 bits per heavy atom. The van der Waals surface area contributed by atoms with E-state index in [-0.39, 0.29) is 22.3 Å².